The Bertz CT molecular complexity index is 1180. The molecule has 0 spiro atoms. The minimum atomic E-state index is -0.559. The predicted octanol–water partition coefficient (Wildman–Crippen LogP) is 3.58. The van der Waals surface area contributed by atoms with Crippen molar-refractivity contribution in [3.8, 4) is 5.75 Å². The summed E-state index contributed by atoms with van der Waals surface area (Å²) in [5.74, 6) is -0.618. The Morgan fingerprint density at radius 2 is 1.82 bits per heavy atom. The van der Waals surface area contributed by atoms with E-state index in [0.29, 0.717) is 5.82 Å². The minimum absolute atomic E-state index is 0.139. The molecule has 0 bridgehead atoms. The first kappa shape index (κ1) is 25.3. The van der Waals surface area contributed by atoms with Crippen LogP contribution in [-0.4, -0.2) is 51.4 Å². The normalized spacial score (nSPS) is 10.8. The molecule has 0 fully saturated rings. The van der Waals surface area contributed by atoms with Crippen LogP contribution in [0.15, 0.2) is 21.1 Å². The number of nitrogens with one attached hydrogen (secondary N) is 2. The van der Waals surface area contributed by atoms with E-state index in [4.69, 9.17) is 44.1 Å². The predicted molar refractivity (Wildman–Crippen MR) is 125 cm³/mol. The smallest absolute Gasteiger partial charge is 0.316 e. The number of nitrogens with zero attached hydrogens (tertiary/aromatic N) is 4. The van der Waals surface area contributed by atoms with Gasteiger partial charge in [-0.15, -0.1) is 0 Å². The van der Waals surface area contributed by atoms with Gasteiger partial charge in [-0.1, -0.05) is 40.0 Å². The molecule has 176 valence electrons. The monoisotopic (exact) mass is 578 g/mol. The van der Waals surface area contributed by atoms with Crippen LogP contribution in [0.2, 0.25) is 15.1 Å². The standard InChI is InChI=1S/C19H18BrCl3N6O4/c1-9-17(20)10(2)29(27-9)7-15-26-19(33-28-15)18(31)25-4-3-24-16(30)8-32-14-6-12(22)11(21)5-13(14)23/h5-6H,3-4,7-8H2,1-2H3,(H,24,30)(H,25,31). The van der Waals surface area contributed by atoms with Crippen molar-refractivity contribution in [3.63, 3.8) is 0 Å². The lowest BCUT2D eigenvalue weighted by Crippen LogP contribution is -2.36. The third-order valence-electron chi connectivity index (χ3n) is 4.31. The van der Waals surface area contributed by atoms with Gasteiger partial charge in [-0.3, -0.25) is 14.3 Å². The van der Waals surface area contributed by atoms with Gasteiger partial charge in [0.05, 0.1) is 30.9 Å². The van der Waals surface area contributed by atoms with Gasteiger partial charge in [-0.2, -0.15) is 10.1 Å². The van der Waals surface area contributed by atoms with Crippen LogP contribution in [0.25, 0.3) is 0 Å². The second-order valence-electron chi connectivity index (χ2n) is 6.75. The molecule has 0 saturated carbocycles. The van der Waals surface area contributed by atoms with Gasteiger partial charge in [0, 0.05) is 19.2 Å². The second-order valence-corrected chi connectivity index (χ2v) is 8.76. The van der Waals surface area contributed by atoms with Crippen LogP contribution >= 0.6 is 50.7 Å². The number of hydrogen-bond donors (Lipinski definition) is 2. The summed E-state index contributed by atoms with van der Waals surface area (Å²) in [6, 6.07) is 2.85. The molecule has 14 heteroatoms. The molecule has 0 aliphatic rings. The van der Waals surface area contributed by atoms with Gasteiger partial charge in [0.25, 0.3) is 5.91 Å². The number of halogens is 4. The summed E-state index contributed by atoms with van der Waals surface area (Å²) >= 11 is 21.2. The first-order chi connectivity index (χ1) is 15.7. The van der Waals surface area contributed by atoms with Crippen LogP contribution < -0.4 is 15.4 Å². The molecule has 2 aromatic heterocycles. The summed E-state index contributed by atoms with van der Waals surface area (Å²) in [4.78, 5) is 28.2. The molecule has 0 atom stereocenters. The van der Waals surface area contributed by atoms with Crippen LogP contribution in [0.5, 0.6) is 5.75 Å². The van der Waals surface area contributed by atoms with E-state index < -0.39 is 11.8 Å². The molecule has 0 radical (unpaired) electrons. The fourth-order valence-electron chi connectivity index (χ4n) is 2.64. The van der Waals surface area contributed by atoms with Crippen LogP contribution in [0.4, 0.5) is 0 Å². The Hall–Kier alpha value is -2.34. The molecule has 2 N–H and O–H groups in total. The van der Waals surface area contributed by atoms with Gasteiger partial charge in [-0.25, -0.2) is 0 Å². The number of benzene rings is 1. The minimum Gasteiger partial charge on any atom is -0.482 e. The molecule has 33 heavy (non-hydrogen) atoms. The highest BCUT2D eigenvalue weighted by atomic mass is 79.9. The molecular weight excluding hydrogens is 563 g/mol. The molecule has 10 nitrogen and oxygen atoms in total. The number of aryl methyl sites for hydroxylation is 1. The molecule has 0 unspecified atom stereocenters. The van der Waals surface area contributed by atoms with Crippen molar-refractivity contribution >= 4 is 62.5 Å². The molecule has 0 saturated heterocycles. The highest BCUT2D eigenvalue weighted by Gasteiger charge is 2.17. The van der Waals surface area contributed by atoms with Crippen LogP contribution in [0, 0.1) is 13.8 Å². The third-order valence-corrected chi connectivity index (χ3v) is 6.48. The zero-order valence-electron chi connectivity index (χ0n) is 17.4. The Kier molecular flexibility index (Phi) is 8.57. The van der Waals surface area contributed by atoms with Crippen molar-refractivity contribution in [2.75, 3.05) is 19.7 Å². The molecule has 2 amide bonds. The Labute approximate surface area is 212 Å². The molecular formula is C19H18BrCl3N6O4. The fourth-order valence-corrected chi connectivity index (χ4v) is 3.51. The van der Waals surface area contributed by atoms with E-state index in [-0.39, 0.29) is 52.9 Å². The number of amides is 2. The second kappa shape index (κ2) is 11.2. The van der Waals surface area contributed by atoms with Gasteiger partial charge in [0.1, 0.15) is 12.3 Å². The summed E-state index contributed by atoms with van der Waals surface area (Å²) in [6.07, 6.45) is 0. The lowest BCUT2D eigenvalue weighted by molar-refractivity contribution is -0.123. The summed E-state index contributed by atoms with van der Waals surface area (Å²) in [6.45, 7) is 4.03. The number of carbonyl (C=O) groups is 2. The van der Waals surface area contributed by atoms with E-state index in [0.717, 1.165) is 15.9 Å². The molecule has 3 rings (SSSR count). The first-order valence-corrected chi connectivity index (χ1v) is 11.4. The maximum atomic E-state index is 12.2. The van der Waals surface area contributed by atoms with E-state index in [1.807, 2.05) is 13.8 Å². The van der Waals surface area contributed by atoms with E-state index in [1.54, 1.807) is 4.68 Å². The zero-order chi connectivity index (χ0) is 24.1. The Morgan fingerprint density at radius 3 is 2.52 bits per heavy atom. The van der Waals surface area contributed by atoms with E-state index in [1.165, 1.54) is 12.1 Å². The maximum Gasteiger partial charge on any atom is 0.316 e. The summed E-state index contributed by atoms with van der Waals surface area (Å²) in [5, 5.41) is 14.1. The zero-order valence-corrected chi connectivity index (χ0v) is 21.3. The van der Waals surface area contributed by atoms with E-state index >= 15 is 0 Å². The SMILES string of the molecule is Cc1nn(Cc2noc(C(=O)NCCNC(=O)COc3cc(Cl)c(Cl)cc3Cl)n2)c(C)c1Br. The fraction of sp³-hybridized carbons (Fsp3) is 0.316. The highest BCUT2D eigenvalue weighted by Crippen LogP contribution is 2.33. The van der Waals surface area contributed by atoms with Crippen molar-refractivity contribution in [3.05, 3.63) is 54.8 Å². The number of ether oxygens (including phenoxy) is 1. The van der Waals surface area contributed by atoms with Crippen LogP contribution in [0.1, 0.15) is 27.9 Å². The summed E-state index contributed by atoms with van der Waals surface area (Å²) < 4.78 is 12.9. The number of carbonyl (C=O) groups excluding carboxylic acids is 2. The number of rotatable bonds is 9. The van der Waals surface area contributed by atoms with Gasteiger partial charge in [-0.05, 0) is 35.8 Å². The van der Waals surface area contributed by atoms with Gasteiger partial charge in [0.2, 0.25) is 0 Å². The lowest BCUT2D eigenvalue weighted by Gasteiger charge is -2.10. The number of hydrogen-bond acceptors (Lipinski definition) is 7. The van der Waals surface area contributed by atoms with Crippen molar-refractivity contribution in [1.82, 2.24) is 30.6 Å². The molecule has 0 aliphatic heterocycles. The maximum absolute atomic E-state index is 12.2. The Morgan fingerprint density at radius 1 is 1.12 bits per heavy atom. The average Bonchev–Trinajstić information content (AvgIpc) is 3.33. The molecule has 1 aromatic carbocycles. The molecule has 2 heterocycles. The van der Waals surface area contributed by atoms with Gasteiger partial charge >= 0.3 is 11.8 Å². The van der Waals surface area contributed by atoms with E-state index in [2.05, 4.69) is 41.8 Å². The average molecular weight is 581 g/mol. The van der Waals surface area contributed by atoms with Crippen molar-refractivity contribution in [2.24, 2.45) is 0 Å². The van der Waals surface area contributed by atoms with Crippen molar-refractivity contribution in [1.29, 1.82) is 0 Å². The van der Waals surface area contributed by atoms with Gasteiger partial charge in [0.15, 0.2) is 12.4 Å². The lowest BCUT2D eigenvalue weighted by atomic mass is 10.3. The quantitative estimate of drug-likeness (QED) is 0.293. The highest BCUT2D eigenvalue weighted by molar-refractivity contribution is 9.10. The number of aromatic nitrogens is 4. The van der Waals surface area contributed by atoms with Crippen molar-refractivity contribution in [2.45, 2.75) is 20.4 Å². The molecule has 0 aliphatic carbocycles. The van der Waals surface area contributed by atoms with E-state index in [9.17, 15) is 9.59 Å². The summed E-state index contributed by atoms with van der Waals surface area (Å²) in [7, 11) is 0. The largest absolute Gasteiger partial charge is 0.482 e. The Balaban J connectivity index is 1.40. The van der Waals surface area contributed by atoms with Gasteiger partial charge < -0.3 is 19.9 Å². The first-order valence-electron chi connectivity index (χ1n) is 9.50. The molecule has 3 aromatic rings. The summed E-state index contributed by atoms with van der Waals surface area (Å²) in [5.41, 5.74) is 1.74. The van der Waals surface area contributed by atoms with Crippen LogP contribution in [0.3, 0.4) is 0 Å². The van der Waals surface area contributed by atoms with Crippen LogP contribution in [-0.2, 0) is 11.3 Å². The van der Waals surface area contributed by atoms with Crippen molar-refractivity contribution < 1.29 is 18.8 Å². The third kappa shape index (κ3) is 6.59. The topological polar surface area (TPSA) is 124 Å².